The Labute approximate surface area is 119 Å². The predicted molar refractivity (Wildman–Crippen MR) is 80.5 cm³/mol. The summed E-state index contributed by atoms with van der Waals surface area (Å²) in [6, 6.07) is 16.5. The fraction of sp³-hybridized carbons (Fsp3) is 0.294. The molecule has 3 rings (SSSR count). The zero-order valence-electron chi connectivity index (χ0n) is 11.6. The summed E-state index contributed by atoms with van der Waals surface area (Å²) in [5.74, 6) is 1.88. The van der Waals surface area contributed by atoms with Gasteiger partial charge in [0, 0.05) is 12.0 Å². The van der Waals surface area contributed by atoms with Crippen molar-refractivity contribution >= 4 is 5.69 Å². The monoisotopic (exact) mass is 269 g/mol. The maximum Gasteiger partial charge on any atom is 0.142 e. The summed E-state index contributed by atoms with van der Waals surface area (Å²) in [6.07, 6.45) is 0.956. The van der Waals surface area contributed by atoms with Crippen LogP contribution in [-0.2, 0) is 0 Å². The van der Waals surface area contributed by atoms with Crippen LogP contribution in [-0.4, -0.2) is 13.2 Å². The summed E-state index contributed by atoms with van der Waals surface area (Å²) in [6.45, 7) is 3.41. The van der Waals surface area contributed by atoms with Crippen molar-refractivity contribution in [2.75, 3.05) is 18.5 Å². The number of rotatable bonds is 4. The van der Waals surface area contributed by atoms with Crippen molar-refractivity contribution in [3.8, 4) is 11.5 Å². The average molecular weight is 269 g/mol. The number of benzene rings is 2. The Morgan fingerprint density at radius 3 is 2.85 bits per heavy atom. The van der Waals surface area contributed by atoms with Crippen LogP contribution >= 0.6 is 0 Å². The maximum absolute atomic E-state index is 5.70. The molecule has 2 aromatic rings. The second kappa shape index (κ2) is 5.87. The van der Waals surface area contributed by atoms with Gasteiger partial charge in [0.1, 0.15) is 11.5 Å². The van der Waals surface area contributed by atoms with Gasteiger partial charge in [-0.15, -0.1) is 0 Å². The van der Waals surface area contributed by atoms with E-state index in [0.29, 0.717) is 6.61 Å². The fourth-order valence-corrected chi connectivity index (χ4v) is 2.55. The van der Waals surface area contributed by atoms with E-state index >= 15 is 0 Å². The highest BCUT2D eigenvalue weighted by Crippen LogP contribution is 2.36. The molecule has 1 atom stereocenters. The molecule has 20 heavy (non-hydrogen) atoms. The van der Waals surface area contributed by atoms with Crippen LogP contribution in [0.2, 0.25) is 0 Å². The molecule has 0 saturated heterocycles. The Bertz CT molecular complexity index is 583. The molecule has 0 radical (unpaired) electrons. The fourth-order valence-electron chi connectivity index (χ4n) is 2.55. The first kappa shape index (κ1) is 12.9. The van der Waals surface area contributed by atoms with Gasteiger partial charge in [-0.2, -0.15) is 0 Å². The Hall–Kier alpha value is -2.16. The molecule has 1 aliphatic heterocycles. The first-order valence-corrected chi connectivity index (χ1v) is 7.08. The summed E-state index contributed by atoms with van der Waals surface area (Å²) < 4.78 is 11.4. The molecule has 1 unspecified atom stereocenters. The highest BCUT2D eigenvalue weighted by molar-refractivity contribution is 5.58. The SMILES string of the molecule is CCOc1ccccc1NC1CCOc2ccccc21. The topological polar surface area (TPSA) is 30.5 Å². The molecule has 0 amide bonds. The van der Waals surface area contributed by atoms with E-state index in [4.69, 9.17) is 9.47 Å². The molecule has 0 saturated carbocycles. The number of nitrogens with one attached hydrogen (secondary N) is 1. The van der Waals surface area contributed by atoms with Crippen LogP contribution in [0.1, 0.15) is 24.9 Å². The molecular weight excluding hydrogens is 250 g/mol. The quantitative estimate of drug-likeness (QED) is 0.909. The van der Waals surface area contributed by atoms with E-state index in [9.17, 15) is 0 Å². The molecule has 0 fully saturated rings. The third-order valence-corrected chi connectivity index (χ3v) is 3.48. The van der Waals surface area contributed by atoms with Crippen molar-refractivity contribution in [1.82, 2.24) is 0 Å². The summed E-state index contributed by atoms with van der Waals surface area (Å²) >= 11 is 0. The Balaban J connectivity index is 1.86. The summed E-state index contributed by atoms with van der Waals surface area (Å²) in [7, 11) is 0. The van der Waals surface area contributed by atoms with Gasteiger partial charge in [0.05, 0.1) is 24.9 Å². The van der Waals surface area contributed by atoms with Gasteiger partial charge in [-0.25, -0.2) is 0 Å². The molecule has 3 heteroatoms. The molecule has 0 aromatic heterocycles. The first-order valence-electron chi connectivity index (χ1n) is 7.08. The molecular formula is C17H19NO2. The average Bonchev–Trinajstić information content (AvgIpc) is 2.50. The van der Waals surface area contributed by atoms with Crippen LogP contribution in [0.15, 0.2) is 48.5 Å². The van der Waals surface area contributed by atoms with E-state index in [0.717, 1.165) is 30.2 Å². The molecule has 0 bridgehead atoms. The smallest absolute Gasteiger partial charge is 0.142 e. The minimum Gasteiger partial charge on any atom is -0.493 e. The number of anilines is 1. The van der Waals surface area contributed by atoms with E-state index in [1.807, 2.05) is 37.3 Å². The molecule has 1 heterocycles. The molecule has 0 spiro atoms. The highest BCUT2D eigenvalue weighted by atomic mass is 16.5. The van der Waals surface area contributed by atoms with Gasteiger partial charge in [-0.1, -0.05) is 30.3 Å². The van der Waals surface area contributed by atoms with E-state index in [-0.39, 0.29) is 6.04 Å². The zero-order chi connectivity index (χ0) is 13.8. The van der Waals surface area contributed by atoms with Crippen LogP contribution < -0.4 is 14.8 Å². The van der Waals surface area contributed by atoms with Crippen LogP contribution in [0.3, 0.4) is 0 Å². The normalized spacial score (nSPS) is 16.9. The van der Waals surface area contributed by atoms with Crippen molar-refractivity contribution in [3.05, 3.63) is 54.1 Å². The van der Waals surface area contributed by atoms with E-state index in [2.05, 4.69) is 23.5 Å². The zero-order valence-corrected chi connectivity index (χ0v) is 11.6. The standard InChI is InChI=1S/C17H19NO2/c1-2-19-17-10-6-4-8-15(17)18-14-11-12-20-16-9-5-3-7-13(14)16/h3-10,14,18H,2,11-12H2,1H3. The van der Waals surface area contributed by atoms with Crippen molar-refractivity contribution in [3.63, 3.8) is 0 Å². The van der Waals surface area contributed by atoms with E-state index in [1.54, 1.807) is 0 Å². The largest absolute Gasteiger partial charge is 0.493 e. The lowest BCUT2D eigenvalue weighted by Crippen LogP contribution is -2.20. The molecule has 1 N–H and O–H groups in total. The molecule has 104 valence electrons. The van der Waals surface area contributed by atoms with Crippen LogP contribution in [0.25, 0.3) is 0 Å². The Morgan fingerprint density at radius 2 is 1.95 bits per heavy atom. The number of hydrogen-bond donors (Lipinski definition) is 1. The van der Waals surface area contributed by atoms with Crippen molar-refractivity contribution < 1.29 is 9.47 Å². The lowest BCUT2D eigenvalue weighted by atomic mass is 10.0. The summed E-state index contributed by atoms with van der Waals surface area (Å²) in [4.78, 5) is 0. The number of fused-ring (bicyclic) bond motifs is 1. The Morgan fingerprint density at radius 1 is 1.15 bits per heavy atom. The Kier molecular flexibility index (Phi) is 3.77. The molecule has 2 aromatic carbocycles. The van der Waals surface area contributed by atoms with E-state index < -0.39 is 0 Å². The number of ether oxygens (including phenoxy) is 2. The van der Waals surface area contributed by atoms with Gasteiger partial charge in [0.25, 0.3) is 0 Å². The van der Waals surface area contributed by atoms with Gasteiger partial charge < -0.3 is 14.8 Å². The third kappa shape index (κ3) is 2.57. The first-order chi connectivity index (χ1) is 9.88. The van der Waals surface area contributed by atoms with Crippen molar-refractivity contribution in [1.29, 1.82) is 0 Å². The molecule has 1 aliphatic rings. The number of para-hydroxylation sites is 3. The molecule has 3 nitrogen and oxygen atoms in total. The van der Waals surface area contributed by atoms with Crippen LogP contribution in [0, 0.1) is 0 Å². The van der Waals surface area contributed by atoms with Crippen LogP contribution in [0.4, 0.5) is 5.69 Å². The van der Waals surface area contributed by atoms with Gasteiger partial charge >= 0.3 is 0 Å². The predicted octanol–water partition coefficient (Wildman–Crippen LogP) is 4.02. The second-order valence-corrected chi connectivity index (χ2v) is 4.80. The van der Waals surface area contributed by atoms with Gasteiger partial charge in [0.15, 0.2) is 0 Å². The minimum absolute atomic E-state index is 0.265. The maximum atomic E-state index is 5.70. The van der Waals surface area contributed by atoms with E-state index in [1.165, 1.54) is 5.56 Å². The molecule has 0 aliphatic carbocycles. The highest BCUT2D eigenvalue weighted by Gasteiger charge is 2.21. The van der Waals surface area contributed by atoms with Gasteiger partial charge in [-0.3, -0.25) is 0 Å². The lowest BCUT2D eigenvalue weighted by Gasteiger charge is -2.28. The number of hydrogen-bond acceptors (Lipinski definition) is 3. The van der Waals surface area contributed by atoms with Gasteiger partial charge in [0.2, 0.25) is 0 Å². The third-order valence-electron chi connectivity index (χ3n) is 3.48. The summed E-state index contributed by atoms with van der Waals surface area (Å²) in [5, 5.41) is 3.59. The van der Waals surface area contributed by atoms with Crippen molar-refractivity contribution in [2.24, 2.45) is 0 Å². The minimum atomic E-state index is 0.265. The van der Waals surface area contributed by atoms with Crippen LogP contribution in [0.5, 0.6) is 11.5 Å². The lowest BCUT2D eigenvalue weighted by molar-refractivity contribution is 0.274. The summed E-state index contributed by atoms with van der Waals surface area (Å²) in [5.41, 5.74) is 2.25. The van der Waals surface area contributed by atoms with Gasteiger partial charge in [-0.05, 0) is 25.1 Å². The van der Waals surface area contributed by atoms with Crippen molar-refractivity contribution in [2.45, 2.75) is 19.4 Å². The second-order valence-electron chi connectivity index (χ2n) is 4.80.